The van der Waals surface area contributed by atoms with Crippen LogP contribution in [0.1, 0.15) is 95.8 Å². The van der Waals surface area contributed by atoms with Crippen LogP contribution in [0.25, 0.3) is 0 Å². The van der Waals surface area contributed by atoms with Crippen molar-refractivity contribution in [2.24, 2.45) is 28.3 Å². The Morgan fingerprint density at radius 1 is 1.04 bits per heavy atom. The van der Waals surface area contributed by atoms with E-state index in [-0.39, 0.29) is 53.8 Å². The molecule has 8 rings (SSSR count). The van der Waals surface area contributed by atoms with Crippen LogP contribution in [0, 0.1) is 23.2 Å². The second-order valence-corrected chi connectivity index (χ2v) is 16.0. The summed E-state index contributed by atoms with van der Waals surface area (Å²) in [4.78, 5) is 34.0. The molecule has 47 heavy (non-hydrogen) atoms. The first kappa shape index (κ1) is 32.4. The first-order valence-corrected chi connectivity index (χ1v) is 17.8. The number of carbonyl (C=O) groups is 2. The number of fused-ring (bicyclic) bond motifs is 1. The molecule has 2 heterocycles. The second-order valence-electron chi connectivity index (χ2n) is 16.0. The fourth-order valence-electron chi connectivity index (χ4n) is 9.32. The molecule has 9 heteroatoms. The van der Waals surface area contributed by atoms with E-state index >= 15 is 0 Å². The second kappa shape index (κ2) is 12.4. The molecule has 2 aromatic carbocycles. The molecule has 7 atom stereocenters. The normalized spacial score (nSPS) is 32.4. The lowest BCUT2D eigenvalue weighted by atomic mass is 9.43. The minimum atomic E-state index is -1.24. The smallest absolute Gasteiger partial charge is 0.404 e. The molecular formula is C38H50BN3O5. The molecule has 2 unspecified atom stereocenters. The number of hydrogen-bond donors (Lipinski definition) is 2. The highest BCUT2D eigenvalue weighted by Crippen LogP contribution is 2.65. The van der Waals surface area contributed by atoms with Gasteiger partial charge in [-0.2, -0.15) is 0 Å². The molecule has 0 aromatic heterocycles. The minimum Gasteiger partial charge on any atom is -0.404 e. The maximum absolute atomic E-state index is 14.5. The van der Waals surface area contributed by atoms with Crippen LogP contribution in [0.15, 0.2) is 59.8 Å². The van der Waals surface area contributed by atoms with Gasteiger partial charge in [-0.05, 0) is 85.3 Å². The van der Waals surface area contributed by atoms with Gasteiger partial charge >= 0.3 is 7.12 Å². The Kier molecular flexibility index (Phi) is 8.53. The van der Waals surface area contributed by atoms with Crippen molar-refractivity contribution in [3.05, 3.63) is 71.3 Å². The number of aryl methyl sites for hydroxylation is 1. The van der Waals surface area contributed by atoms with E-state index in [4.69, 9.17) is 14.1 Å². The Labute approximate surface area is 279 Å². The summed E-state index contributed by atoms with van der Waals surface area (Å²) in [6.45, 7) is 11.5. The zero-order chi connectivity index (χ0) is 33.0. The molecule has 2 N–H and O–H groups in total. The van der Waals surface area contributed by atoms with E-state index in [0.717, 1.165) is 36.8 Å². The number of oxime groups is 1. The Morgan fingerprint density at radius 3 is 2.57 bits per heavy atom. The highest BCUT2D eigenvalue weighted by molar-refractivity contribution is 6.48. The number of hydrogen-bond acceptors (Lipinski definition) is 6. The number of nitrogens with one attached hydrogen (secondary N) is 2. The molecule has 4 fully saturated rings. The standard InChI is InChI=1S/C38H50BN3O5/c1-24(2)18-33(39-45-32-20-27-19-31(36(27,3)4)37(32,5)46-39)41-35(44)38(21-25-12-7-6-8-13-25)22-28(42-47-38)23-40-34(43)30-17-11-15-26-14-9-10-16-29(26)30/h6-10,12-14,16,24,27,30-33H,11,15,17-23H2,1-5H3,(H,40,43)(H,41,44)/t27-,30?,31-,32+,33-,37-,38?/m0/s1. The fourth-order valence-corrected chi connectivity index (χ4v) is 9.32. The Balaban J connectivity index is 1.06. The lowest BCUT2D eigenvalue weighted by molar-refractivity contribution is -0.199. The summed E-state index contributed by atoms with van der Waals surface area (Å²) in [7, 11) is -0.528. The number of amides is 2. The molecule has 3 saturated carbocycles. The molecule has 8 nitrogen and oxygen atoms in total. The fraction of sp³-hybridized carbons (Fsp3) is 0.605. The van der Waals surface area contributed by atoms with Crippen LogP contribution in [0.5, 0.6) is 0 Å². The maximum atomic E-state index is 14.5. The molecular weight excluding hydrogens is 589 g/mol. The van der Waals surface area contributed by atoms with Crippen molar-refractivity contribution < 1.29 is 23.7 Å². The number of rotatable bonds is 10. The third kappa shape index (κ3) is 5.92. The van der Waals surface area contributed by atoms with Crippen LogP contribution in [-0.4, -0.2) is 54.4 Å². The summed E-state index contributed by atoms with van der Waals surface area (Å²) in [5, 5.41) is 10.9. The number of carbonyl (C=O) groups excluding carboxylic acids is 2. The SMILES string of the molecule is CC(C)C[C@H](NC(=O)C1(Cc2ccccc2)CC(CNC(=O)C2CCCc3ccccc32)=NO1)B1O[C@@H]2C[C@@H]3C[C@@H](C3(C)C)[C@]2(C)O1. The van der Waals surface area contributed by atoms with Gasteiger partial charge in [-0.1, -0.05) is 87.4 Å². The monoisotopic (exact) mass is 639 g/mol. The number of benzene rings is 2. The van der Waals surface area contributed by atoms with Crippen molar-refractivity contribution in [2.75, 3.05) is 6.54 Å². The van der Waals surface area contributed by atoms with E-state index in [1.165, 1.54) is 12.0 Å². The summed E-state index contributed by atoms with van der Waals surface area (Å²) in [6.07, 6.45) is 6.38. The summed E-state index contributed by atoms with van der Waals surface area (Å²) in [6, 6.07) is 18.1. The van der Waals surface area contributed by atoms with Crippen LogP contribution in [0.4, 0.5) is 0 Å². The molecule has 1 saturated heterocycles. The average Bonchev–Trinajstić information content (AvgIpc) is 3.64. The molecule has 6 aliphatic rings. The third-order valence-electron chi connectivity index (χ3n) is 12.1. The Bertz CT molecular complexity index is 1530. The molecule has 2 aromatic rings. The van der Waals surface area contributed by atoms with E-state index in [0.29, 0.717) is 36.3 Å². The summed E-state index contributed by atoms with van der Waals surface area (Å²) >= 11 is 0. The zero-order valence-electron chi connectivity index (χ0n) is 28.6. The Hall–Kier alpha value is -3.17. The van der Waals surface area contributed by atoms with Crippen molar-refractivity contribution >= 4 is 24.6 Å². The molecule has 2 bridgehead atoms. The van der Waals surface area contributed by atoms with Gasteiger partial charge in [-0.3, -0.25) is 9.59 Å². The number of nitrogens with zero attached hydrogens (tertiary/aromatic N) is 1. The van der Waals surface area contributed by atoms with Crippen LogP contribution >= 0.6 is 0 Å². The predicted molar refractivity (Wildman–Crippen MR) is 183 cm³/mol. The van der Waals surface area contributed by atoms with Gasteiger partial charge in [0.25, 0.3) is 5.91 Å². The topological polar surface area (TPSA) is 98.3 Å². The van der Waals surface area contributed by atoms with Gasteiger partial charge in [-0.15, -0.1) is 0 Å². The van der Waals surface area contributed by atoms with Crippen LogP contribution < -0.4 is 10.6 Å². The van der Waals surface area contributed by atoms with Gasteiger partial charge in [0.05, 0.1) is 35.8 Å². The quantitative estimate of drug-likeness (QED) is 0.322. The van der Waals surface area contributed by atoms with E-state index in [1.54, 1.807) is 0 Å². The van der Waals surface area contributed by atoms with Crippen LogP contribution in [0.3, 0.4) is 0 Å². The van der Waals surface area contributed by atoms with E-state index in [1.807, 2.05) is 42.5 Å². The van der Waals surface area contributed by atoms with Crippen LogP contribution in [-0.2, 0) is 36.6 Å². The van der Waals surface area contributed by atoms with E-state index in [9.17, 15) is 9.59 Å². The molecule has 0 radical (unpaired) electrons. The molecule has 4 aliphatic carbocycles. The average molecular weight is 640 g/mol. The predicted octanol–water partition coefficient (Wildman–Crippen LogP) is 5.78. The molecule has 0 spiro atoms. The lowest BCUT2D eigenvalue weighted by Gasteiger charge is -2.64. The zero-order valence-corrected chi connectivity index (χ0v) is 28.6. The highest BCUT2D eigenvalue weighted by Gasteiger charge is 2.68. The largest absolute Gasteiger partial charge is 0.481 e. The van der Waals surface area contributed by atoms with Gasteiger partial charge in [0, 0.05) is 12.8 Å². The molecule has 250 valence electrons. The molecule has 2 amide bonds. The van der Waals surface area contributed by atoms with Gasteiger partial charge in [0.1, 0.15) is 0 Å². The van der Waals surface area contributed by atoms with Gasteiger partial charge < -0.3 is 24.8 Å². The van der Waals surface area contributed by atoms with Crippen molar-refractivity contribution in [3.8, 4) is 0 Å². The summed E-state index contributed by atoms with van der Waals surface area (Å²) in [5.41, 5.74) is 2.63. The van der Waals surface area contributed by atoms with Crippen molar-refractivity contribution in [3.63, 3.8) is 0 Å². The van der Waals surface area contributed by atoms with Gasteiger partial charge in [0.2, 0.25) is 11.5 Å². The Morgan fingerprint density at radius 2 is 1.81 bits per heavy atom. The highest BCUT2D eigenvalue weighted by atomic mass is 16.7. The first-order chi connectivity index (χ1) is 22.5. The minimum absolute atomic E-state index is 0.00608. The lowest BCUT2D eigenvalue weighted by Crippen LogP contribution is -2.65. The van der Waals surface area contributed by atoms with Crippen molar-refractivity contribution in [1.29, 1.82) is 0 Å². The first-order valence-electron chi connectivity index (χ1n) is 17.8. The van der Waals surface area contributed by atoms with Gasteiger partial charge in [-0.25, -0.2) is 0 Å². The van der Waals surface area contributed by atoms with Crippen molar-refractivity contribution in [2.45, 2.75) is 115 Å². The molecule has 2 aliphatic heterocycles. The third-order valence-corrected chi connectivity index (χ3v) is 12.1. The van der Waals surface area contributed by atoms with Crippen molar-refractivity contribution in [1.82, 2.24) is 10.6 Å². The van der Waals surface area contributed by atoms with Gasteiger partial charge in [0.15, 0.2) is 0 Å². The summed E-state index contributed by atoms with van der Waals surface area (Å²) in [5.74, 6) is 0.659. The maximum Gasteiger partial charge on any atom is 0.481 e. The van der Waals surface area contributed by atoms with E-state index in [2.05, 4.69) is 62.5 Å². The van der Waals surface area contributed by atoms with Crippen LogP contribution in [0.2, 0.25) is 0 Å². The van der Waals surface area contributed by atoms with E-state index < -0.39 is 12.7 Å². The summed E-state index contributed by atoms with van der Waals surface area (Å²) < 4.78 is 13.5.